The maximum atomic E-state index is 13.0. The molecule has 1 heterocycles. The van der Waals surface area contributed by atoms with E-state index in [9.17, 15) is 9.18 Å². The van der Waals surface area contributed by atoms with Gasteiger partial charge >= 0.3 is 5.97 Å². The number of aromatic nitrogens is 1. The summed E-state index contributed by atoms with van der Waals surface area (Å²) in [5, 5.41) is 12.0. The van der Waals surface area contributed by atoms with Crippen molar-refractivity contribution in [3.05, 3.63) is 39.2 Å². The Hall–Kier alpha value is -1.37. The minimum Gasteiger partial charge on any atom is -0.476 e. The van der Waals surface area contributed by atoms with E-state index in [1.165, 1.54) is 5.51 Å². The number of nitrogens with zero attached hydrogens (tertiary/aromatic N) is 1. The molecule has 0 aliphatic carbocycles. The normalized spacial score (nSPS) is 10.4. The molecule has 4 nitrogen and oxygen atoms in total. The first kappa shape index (κ1) is 13.1. The molecule has 0 spiro atoms. The number of anilines is 2. The highest BCUT2D eigenvalue weighted by molar-refractivity contribution is 7.14. The highest BCUT2D eigenvalue weighted by atomic mass is 35.5. The third-order valence-corrected chi connectivity index (χ3v) is 3.35. The number of carbonyl (C=O) groups is 1. The number of carboxylic acid groups (broad SMARTS) is 1. The lowest BCUT2D eigenvalue weighted by Gasteiger charge is -2.09. The average Bonchev–Trinajstić information content (AvgIpc) is 2.71. The molecule has 0 saturated carbocycles. The topological polar surface area (TPSA) is 62.2 Å². The standard InChI is InChI=1S/C10H5Cl2FN2O2S/c11-5-1-4(13)2-6(12)7(5)15-9-8(10(16)17)14-3-18-9/h1-3,15H,(H,16,17). The van der Waals surface area contributed by atoms with E-state index in [4.69, 9.17) is 28.3 Å². The number of benzene rings is 1. The number of carboxylic acids is 1. The fourth-order valence-corrected chi connectivity index (χ4v) is 2.49. The molecule has 2 rings (SSSR count). The third kappa shape index (κ3) is 2.55. The second kappa shape index (κ2) is 5.09. The van der Waals surface area contributed by atoms with E-state index >= 15 is 0 Å². The molecule has 0 aliphatic rings. The zero-order valence-electron chi connectivity index (χ0n) is 8.58. The smallest absolute Gasteiger partial charge is 0.357 e. The van der Waals surface area contributed by atoms with Crippen molar-refractivity contribution in [3.8, 4) is 0 Å². The summed E-state index contributed by atoms with van der Waals surface area (Å²) in [4.78, 5) is 14.6. The summed E-state index contributed by atoms with van der Waals surface area (Å²) in [6.07, 6.45) is 0. The molecule has 8 heteroatoms. The fourth-order valence-electron chi connectivity index (χ4n) is 1.26. The van der Waals surface area contributed by atoms with Crippen LogP contribution in [0.1, 0.15) is 10.5 Å². The Kier molecular flexibility index (Phi) is 3.70. The van der Waals surface area contributed by atoms with Crippen LogP contribution in [0.15, 0.2) is 17.6 Å². The lowest BCUT2D eigenvalue weighted by Crippen LogP contribution is -2.01. The number of hydrogen-bond acceptors (Lipinski definition) is 4. The van der Waals surface area contributed by atoms with Crippen LogP contribution in [0, 0.1) is 5.82 Å². The van der Waals surface area contributed by atoms with Crippen LogP contribution in [0.4, 0.5) is 15.1 Å². The average molecular weight is 307 g/mol. The van der Waals surface area contributed by atoms with Gasteiger partial charge in [-0.15, -0.1) is 11.3 Å². The van der Waals surface area contributed by atoms with Crippen molar-refractivity contribution in [1.82, 2.24) is 4.98 Å². The predicted octanol–water partition coefficient (Wildman–Crippen LogP) is 4.03. The monoisotopic (exact) mass is 306 g/mol. The lowest BCUT2D eigenvalue weighted by molar-refractivity contribution is 0.0692. The molecule has 1 aromatic heterocycles. The van der Waals surface area contributed by atoms with Gasteiger partial charge in [-0.25, -0.2) is 14.2 Å². The number of nitrogens with one attached hydrogen (secondary N) is 1. The highest BCUT2D eigenvalue weighted by Crippen LogP contribution is 2.35. The summed E-state index contributed by atoms with van der Waals surface area (Å²) in [7, 11) is 0. The zero-order chi connectivity index (χ0) is 13.3. The summed E-state index contributed by atoms with van der Waals surface area (Å²) < 4.78 is 13.0. The van der Waals surface area contributed by atoms with Gasteiger partial charge in [0.2, 0.25) is 0 Å². The highest BCUT2D eigenvalue weighted by Gasteiger charge is 2.16. The lowest BCUT2D eigenvalue weighted by atomic mass is 10.3. The van der Waals surface area contributed by atoms with E-state index in [0.29, 0.717) is 0 Å². The summed E-state index contributed by atoms with van der Waals surface area (Å²) in [6.45, 7) is 0. The number of rotatable bonds is 3. The number of hydrogen-bond donors (Lipinski definition) is 2. The molecule has 0 atom stereocenters. The van der Waals surface area contributed by atoms with Crippen molar-refractivity contribution in [3.63, 3.8) is 0 Å². The quantitative estimate of drug-likeness (QED) is 0.898. The van der Waals surface area contributed by atoms with Crippen molar-refractivity contribution in [2.24, 2.45) is 0 Å². The van der Waals surface area contributed by atoms with E-state index in [1.54, 1.807) is 0 Å². The van der Waals surface area contributed by atoms with Crippen LogP contribution in [0.5, 0.6) is 0 Å². The van der Waals surface area contributed by atoms with E-state index < -0.39 is 11.8 Å². The molecule has 0 bridgehead atoms. The van der Waals surface area contributed by atoms with Gasteiger partial charge in [0.1, 0.15) is 10.8 Å². The SMILES string of the molecule is O=C(O)c1ncsc1Nc1c(Cl)cc(F)cc1Cl. The second-order valence-corrected chi connectivity index (χ2v) is 4.87. The van der Waals surface area contributed by atoms with E-state index in [-0.39, 0.29) is 26.4 Å². The van der Waals surface area contributed by atoms with Crippen LogP contribution < -0.4 is 5.32 Å². The van der Waals surface area contributed by atoms with E-state index in [0.717, 1.165) is 23.5 Å². The Morgan fingerprint density at radius 2 is 2.00 bits per heavy atom. The largest absolute Gasteiger partial charge is 0.476 e. The summed E-state index contributed by atoms with van der Waals surface area (Å²) in [5.41, 5.74) is 1.47. The molecule has 0 amide bonds. The molecule has 94 valence electrons. The van der Waals surface area contributed by atoms with Crippen molar-refractivity contribution in [2.45, 2.75) is 0 Å². The van der Waals surface area contributed by atoms with Crippen molar-refractivity contribution in [1.29, 1.82) is 0 Å². The van der Waals surface area contributed by atoms with Gasteiger partial charge in [-0.3, -0.25) is 0 Å². The minimum absolute atomic E-state index is 0.0599. The number of aromatic carboxylic acids is 1. The molecule has 2 aromatic rings. The maximum absolute atomic E-state index is 13.0. The fraction of sp³-hybridized carbons (Fsp3) is 0. The number of halogens is 3. The van der Waals surface area contributed by atoms with Crippen LogP contribution >= 0.6 is 34.5 Å². The summed E-state index contributed by atoms with van der Waals surface area (Å²) in [6, 6.07) is 2.16. The Morgan fingerprint density at radius 3 is 2.56 bits per heavy atom. The van der Waals surface area contributed by atoms with Crippen molar-refractivity contribution < 1.29 is 14.3 Å². The first-order valence-corrected chi connectivity index (χ1v) is 6.21. The van der Waals surface area contributed by atoms with Gasteiger partial charge in [0.15, 0.2) is 5.69 Å². The predicted molar refractivity (Wildman–Crippen MR) is 68.8 cm³/mol. The molecular formula is C10H5Cl2FN2O2S. The maximum Gasteiger partial charge on any atom is 0.357 e. The summed E-state index contributed by atoms with van der Waals surface area (Å²) in [5.74, 6) is -1.74. The molecule has 0 saturated heterocycles. The van der Waals surface area contributed by atoms with Gasteiger partial charge in [0, 0.05) is 0 Å². The molecule has 2 N–H and O–H groups in total. The molecular weight excluding hydrogens is 302 g/mol. The third-order valence-electron chi connectivity index (χ3n) is 2.02. The van der Waals surface area contributed by atoms with Crippen molar-refractivity contribution >= 4 is 51.2 Å². The van der Waals surface area contributed by atoms with Crippen LogP contribution in [0.25, 0.3) is 0 Å². The Bertz CT molecular complexity index is 595. The van der Waals surface area contributed by atoms with Gasteiger partial charge in [-0.2, -0.15) is 0 Å². The van der Waals surface area contributed by atoms with Gasteiger partial charge in [-0.05, 0) is 12.1 Å². The summed E-state index contributed by atoms with van der Waals surface area (Å²) >= 11 is 12.7. The first-order valence-electron chi connectivity index (χ1n) is 4.57. The van der Waals surface area contributed by atoms with Crippen molar-refractivity contribution in [2.75, 3.05) is 5.32 Å². The zero-order valence-corrected chi connectivity index (χ0v) is 10.9. The molecule has 18 heavy (non-hydrogen) atoms. The molecule has 0 unspecified atom stereocenters. The Morgan fingerprint density at radius 1 is 1.39 bits per heavy atom. The van der Waals surface area contributed by atoms with Crippen LogP contribution in [0.2, 0.25) is 10.0 Å². The Labute approximate surface area is 115 Å². The minimum atomic E-state index is -1.17. The van der Waals surface area contributed by atoms with Gasteiger partial charge < -0.3 is 10.4 Å². The van der Waals surface area contributed by atoms with Gasteiger partial charge in [-0.1, -0.05) is 23.2 Å². The van der Waals surface area contributed by atoms with Gasteiger partial charge in [0.25, 0.3) is 0 Å². The molecule has 0 radical (unpaired) electrons. The first-order chi connectivity index (χ1) is 8.49. The molecule has 0 aliphatic heterocycles. The molecule has 1 aromatic carbocycles. The van der Waals surface area contributed by atoms with Gasteiger partial charge in [0.05, 0.1) is 21.2 Å². The second-order valence-electron chi connectivity index (χ2n) is 3.20. The van der Waals surface area contributed by atoms with E-state index in [2.05, 4.69) is 10.3 Å². The van der Waals surface area contributed by atoms with Crippen LogP contribution in [-0.2, 0) is 0 Å². The Balaban J connectivity index is 2.40. The molecule has 0 fully saturated rings. The van der Waals surface area contributed by atoms with E-state index in [1.807, 2.05) is 0 Å². The number of thiazole rings is 1. The van der Waals surface area contributed by atoms with Crippen LogP contribution in [0.3, 0.4) is 0 Å². The van der Waals surface area contributed by atoms with Crippen LogP contribution in [-0.4, -0.2) is 16.1 Å².